The van der Waals surface area contributed by atoms with Crippen LogP contribution in [0.2, 0.25) is 0 Å². The average Bonchev–Trinajstić information content (AvgIpc) is 2.71. The van der Waals surface area contributed by atoms with E-state index in [0.717, 1.165) is 30.4 Å². The van der Waals surface area contributed by atoms with E-state index in [1.807, 2.05) is 4.68 Å². The molecule has 0 spiro atoms. The van der Waals surface area contributed by atoms with Crippen LogP contribution in [0, 0.1) is 12.3 Å². The molecule has 0 saturated carbocycles. The van der Waals surface area contributed by atoms with Gasteiger partial charge in [-0.1, -0.05) is 5.92 Å². The van der Waals surface area contributed by atoms with Crippen molar-refractivity contribution in [1.82, 2.24) is 20.1 Å². The number of hydrogen-bond acceptors (Lipinski definition) is 4. The van der Waals surface area contributed by atoms with Crippen LogP contribution in [-0.2, 0) is 6.54 Å². The number of nitrogens with zero attached hydrogens (tertiary/aromatic N) is 3. The summed E-state index contributed by atoms with van der Waals surface area (Å²) in [5, 5.41) is 7.51. The van der Waals surface area contributed by atoms with Crippen LogP contribution < -0.4 is 5.32 Å². The molecule has 0 saturated heterocycles. The Kier molecular flexibility index (Phi) is 5.98. The molecule has 1 heterocycles. The predicted octanol–water partition coefficient (Wildman–Crippen LogP) is 1.31. The van der Waals surface area contributed by atoms with E-state index in [2.05, 4.69) is 35.2 Å². The molecule has 1 N–H and O–H groups in total. The van der Waals surface area contributed by atoms with Gasteiger partial charge < -0.3 is 5.32 Å². The van der Waals surface area contributed by atoms with E-state index in [4.69, 9.17) is 6.42 Å². The first-order valence-electron chi connectivity index (χ1n) is 5.36. The zero-order valence-corrected chi connectivity index (χ0v) is 10.6. The van der Waals surface area contributed by atoms with Gasteiger partial charge in [-0.05, 0) is 13.8 Å². The lowest BCUT2D eigenvalue weighted by Crippen LogP contribution is -2.20. The fourth-order valence-corrected chi connectivity index (χ4v) is 1.86. The molecule has 0 aromatic carbocycles. The molecular formula is C11H18N4S. The van der Waals surface area contributed by atoms with Gasteiger partial charge in [-0.25, -0.2) is 9.67 Å². The van der Waals surface area contributed by atoms with Crippen LogP contribution >= 0.6 is 11.8 Å². The molecule has 0 bridgehead atoms. The number of hydrogen-bond donors (Lipinski definition) is 1. The standard InChI is InChI=1S/C11H18N4S/c1-4-6-16-7-5-12-8-11-13-9-14-15(11)10(2)3/h1,9-10,12H,5-8H2,2-3H3. The SMILES string of the molecule is C#CCSCCNCc1ncnn1C(C)C. The molecule has 0 atom stereocenters. The minimum absolute atomic E-state index is 0.357. The Morgan fingerprint density at radius 3 is 3.12 bits per heavy atom. The van der Waals surface area contributed by atoms with Gasteiger partial charge in [-0.2, -0.15) is 5.10 Å². The Balaban J connectivity index is 2.22. The van der Waals surface area contributed by atoms with Gasteiger partial charge in [0.1, 0.15) is 12.2 Å². The van der Waals surface area contributed by atoms with Crippen LogP contribution in [0.5, 0.6) is 0 Å². The third-order valence-electron chi connectivity index (χ3n) is 2.03. The number of rotatable bonds is 7. The highest BCUT2D eigenvalue weighted by molar-refractivity contribution is 7.99. The fraction of sp³-hybridized carbons (Fsp3) is 0.636. The lowest BCUT2D eigenvalue weighted by atomic mass is 10.4. The summed E-state index contributed by atoms with van der Waals surface area (Å²) in [4.78, 5) is 4.22. The van der Waals surface area contributed by atoms with Gasteiger partial charge in [-0.15, -0.1) is 18.2 Å². The summed E-state index contributed by atoms with van der Waals surface area (Å²) < 4.78 is 1.93. The Bertz CT molecular complexity index is 340. The van der Waals surface area contributed by atoms with E-state index in [1.165, 1.54) is 0 Å². The Morgan fingerprint density at radius 2 is 2.44 bits per heavy atom. The van der Waals surface area contributed by atoms with Crippen LogP contribution in [0.4, 0.5) is 0 Å². The van der Waals surface area contributed by atoms with Gasteiger partial charge in [0.15, 0.2) is 0 Å². The zero-order chi connectivity index (χ0) is 11.8. The van der Waals surface area contributed by atoms with Gasteiger partial charge >= 0.3 is 0 Å². The number of aromatic nitrogens is 3. The van der Waals surface area contributed by atoms with Crippen LogP contribution in [0.15, 0.2) is 6.33 Å². The van der Waals surface area contributed by atoms with E-state index in [1.54, 1.807) is 18.1 Å². The lowest BCUT2D eigenvalue weighted by molar-refractivity contribution is 0.493. The first-order chi connectivity index (χ1) is 7.75. The highest BCUT2D eigenvalue weighted by Crippen LogP contribution is 2.04. The molecule has 5 heteroatoms. The molecule has 1 aromatic rings. The van der Waals surface area contributed by atoms with Crippen molar-refractivity contribution >= 4 is 11.8 Å². The van der Waals surface area contributed by atoms with Crippen LogP contribution in [0.25, 0.3) is 0 Å². The average molecular weight is 238 g/mol. The number of nitrogens with one attached hydrogen (secondary N) is 1. The Morgan fingerprint density at radius 1 is 1.62 bits per heavy atom. The third-order valence-corrected chi connectivity index (χ3v) is 2.89. The molecule has 0 fully saturated rings. The molecule has 0 unspecified atom stereocenters. The van der Waals surface area contributed by atoms with Crippen molar-refractivity contribution in [2.24, 2.45) is 0 Å². The van der Waals surface area contributed by atoms with Crippen molar-refractivity contribution in [2.75, 3.05) is 18.1 Å². The summed E-state index contributed by atoms with van der Waals surface area (Å²) in [5.74, 6) is 5.40. The monoisotopic (exact) mass is 238 g/mol. The van der Waals surface area contributed by atoms with Crippen molar-refractivity contribution in [1.29, 1.82) is 0 Å². The van der Waals surface area contributed by atoms with Gasteiger partial charge in [0.25, 0.3) is 0 Å². The molecular weight excluding hydrogens is 220 g/mol. The second-order valence-electron chi connectivity index (χ2n) is 3.65. The van der Waals surface area contributed by atoms with Crippen molar-refractivity contribution in [3.05, 3.63) is 12.2 Å². The summed E-state index contributed by atoms with van der Waals surface area (Å²) in [7, 11) is 0. The molecule has 0 amide bonds. The first-order valence-corrected chi connectivity index (χ1v) is 6.51. The second-order valence-corrected chi connectivity index (χ2v) is 4.75. The molecule has 88 valence electrons. The highest BCUT2D eigenvalue weighted by atomic mass is 32.2. The maximum atomic E-state index is 5.16. The molecule has 0 aliphatic rings. The maximum Gasteiger partial charge on any atom is 0.141 e. The normalized spacial score (nSPS) is 10.6. The van der Waals surface area contributed by atoms with E-state index in [-0.39, 0.29) is 0 Å². The number of terminal acetylenes is 1. The van der Waals surface area contributed by atoms with Gasteiger partial charge in [-0.3, -0.25) is 0 Å². The summed E-state index contributed by atoms with van der Waals surface area (Å²) in [6.45, 7) is 5.90. The first kappa shape index (κ1) is 13.1. The van der Waals surface area contributed by atoms with E-state index >= 15 is 0 Å². The highest BCUT2D eigenvalue weighted by Gasteiger charge is 2.05. The van der Waals surface area contributed by atoms with E-state index in [9.17, 15) is 0 Å². The summed E-state index contributed by atoms with van der Waals surface area (Å²) in [6.07, 6.45) is 6.76. The topological polar surface area (TPSA) is 42.7 Å². The minimum Gasteiger partial charge on any atom is -0.309 e. The van der Waals surface area contributed by atoms with Crippen LogP contribution in [-0.4, -0.2) is 32.8 Å². The quantitative estimate of drug-likeness (QED) is 0.574. The molecule has 0 aliphatic carbocycles. The van der Waals surface area contributed by atoms with Crippen molar-refractivity contribution in [3.8, 4) is 12.3 Å². The lowest BCUT2D eigenvalue weighted by Gasteiger charge is -2.09. The van der Waals surface area contributed by atoms with Crippen LogP contribution in [0.3, 0.4) is 0 Å². The minimum atomic E-state index is 0.357. The predicted molar refractivity (Wildman–Crippen MR) is 68.3 cm³/mol. The largest absolute Gasteiger partial charge is 0.309 e. The molecule has 16 heavy (non-hydrogen) atoms. The van der Waals surface area contributed by atoms with Gasteiger partial charge in [0.2, 0.25) is 0 Å². The van der Waals surface area contributed by atoms with Crippen molar-refractivity contribution in [2.45, 2.75) is 26.4 Å². The van der Waals surface area contributed by atoms with Gasteiger partial charge in [0.05, 0.1) is 12.3 Å². The maximum absolute atomic E-state index is 5.16. The zero-order valence-electron chi connectivity index (χ0n) is 9.81. The Labute approximate surface area is 101 Å². The number of thioether (sulfide) groups is 1. The van der Waals surface area contributed by atoms with Crippen LogP contribution in [0.1, 0.15) is 25.7 Å². The molecule has 1 rings (SSSR count). The summed E-state index contributed by atoms with van der Waals surface area (Å²) in [6, 6.07) is 0.357. The van der Waals surface area contributed by atoms with Gasteiger partial charge in [0, 0.05) is 18.3 Å². The smallest absolute Gasteiger partial charge is 0.141 e. The summed E-state index contributed by atoms with van der Waals surface area (Å²) in [5.41, 5.74) is 0. The third kappa shape index (κ3) is 4.25. The summed E-state index contributed by atoms with van der Waals surface area (Å²) >= 11 is 1.76. The molecule has 0 radical (unpaired) electrons. The molecule has 0 aliphatic heterocycles. The molecule has 1 aromatic heterocycles. The van der Waals surface area contributed by atoms with E-state index in [0.29, 0.717) is 6.04 Å². The van der Waals surface area contributed by atoms with Crippen molar-refractivity contribution in [3.63, 3.8) is 0 Å². The fourth-order valence-electron chi connectivity index (χ4n) is 1.31. The Hall–Kier alpha value is -0.990. The molecule has 4 nitrogen and oxygen atoms in total. The van der Waals surface area contributed by atoms with E-state index < -0.39 is 0 Å². The second kappa shape index (κ2) is 7.31. The van der Waals surface area contributed by atoms with Crippen molar-refractivity contribution < 1.29 is 0 Å².